The van der Waals surface area contributed by atoms with E-state index in [4.69, 9.17) is 16.3 Å². The molecular formula is C15H22ClNO. The number of benzene rings is 1. The second-order valence-corrected chi connectivity index (χ2v) is 5.42. The van der Waals surface area contributed by atoms with Gasteiger partial charge in [0, 0.05) is 23.6 Å². The van der Waals surface area contributed by atoms with Crippen LogP contribution in [0.25, 0.3) is 0 Å². The highest BCUT2D eigenvalue weighted by molar-refractivity contribution is 6.31. The first-order chi connectivity index (χ1) is 8.74. The standard InChI is InChI=1S/C15H22ClNO/c1-3-8-17-15(12-7-9-18-10-12)13-5-4-6-14(16)11(13)2/h4-6,12,15,17H,3,7-10H2,1-2H3. The summed E-state index contributed by atoms with van der Waals surface area (Å²) in [5.41, 5.74) is 2.52. The molecule has 1 N–H and O–H groups in total. The van der Waals surface area contributed by atoms with Crippen molar-refractivity contribution >= 4 is 11.6 Å². The zero-order chi connectivity index (χ0) is 13.0. The van der Waals surface area contributed by atoms with Gasteiger partial charge in [0.25, 0.3) is 0 Å². The van der Waals surface area contributed by atoms with Crippen LogP contribution in [0.2, 0.25) is 5.02 Å². The van der Waals surface area contributed by atoms with Gasteiger partial charge in [-0.3, -0.25) is 0 Å². The molecule has 2 nitrogen and oxygen atoms in total. The molecule has 3 heteroatoms. The van der Waals surface area contributed by atoms with Gasteiger partial charge in [0.15, 0.2) is 0 Å². The van der Waals surface area contributed by atoms with Crippen LogP contribution in [0.3, 0.4) is 0 Å². The lowest BCUT2D eigenvalue weighted by Gasteiger charge is -2.26. The quantitative estimate of drug-likeness (QED) is 0.878. The Balaban J connectivity index is 2.23. The minimum absolute atomic E-state index is 0.367. The van der Waals surface area contributed by atoms with Gasteiger partial charge in [-0.2, -0.15) is 0 Å². The SMILES string of the molecule is CCCNC(c1cccc(Cl)c1C)C1CCOC1. The largest absolute Gasteiger partial charge is 0.381 e. The topological polar surface area (TPSA) is 21.3 Å². The normalized spacial score (nSPS) is 21.2. The maximum absolute atomic E-state index is 6.24. The van der Waals surface area contributed by atoms with Gasteiger partial charge in [0.2, 0.25) is 0 Å². The van der Waals surface area contributed by atoms with E-state index < -0.39 is 0 Å². The summed E-state index contributed by atoms with van der Waals surface area (Å²) in [6.07, 6.45) is 2.27. The Labute approximate surface area is 115 Å². The van der Waals surface area contributed by atoms with Crippen molar-refractivity contribution in [3.05, 3.63) is 34.3 Å². The van der Waals surface area contributed by atoms with Crippen LogP contribution in [0.1, 0.15) is 36.9 Å². The first kappa shape index (κ1) is 13.9. The molecule has 1 saturated heterocycles. The fourth-order valence-electron chi connectivity index (χ4n) is 2.61. The summed E-state index contributed by atoms with van der Waals surface area (Å²) in [6, 6.07) is 6.56. The average molecular weight is 268 g/mol. The molecule has 0 saturated carbocycles. The van der Waals surface area contributed by atoms with Gasteiger partial charge < -0.3 is 10.1 Å². The first-order valence-corrected chi connectivity index (χ1v) is 7.18. The van der Waals surface area contributed by atoms with E-state index in [1.807, 2.05) is 12.1 Å². The van der Waals surface area contributed by atoms with E-state index in [2.05, 4.69) is 25.2 Å². The molecule has 2 rings (SSSR count). The van der Waals surface area contributed by atoms with Crippen molar-refractivity contribution < 1.29 is 4.74 Å². The van der Waals surface area contributed by atoms with Crippen LogP contribution in [0, 0.1) is 12.8 Å². The fraction of sp³-hybridized carbons (Fsp3) is 0.600. The van der Waals surface area contributed by atoms with Gasteiger partial charge in [-0.1, -0.05) is 30.7 Å². The zero-order valence-electron chi connectivity index (χ0n) is 11.2. The van der Waals surface area contributed by atoms with Gasteiger partial charge in [-0.15, -0.1) is 0 Å². The summed E-state index contributed by atoms with van der Waals surface area (Å²) >= 11 is 6.24. The third-order valence-electron chi connectivity index (χ3n) is 3.70. The van der Waals surface area contributed by atoms with Crippen molar-refractivity contribution in [3.63, 3.8) is 0 Å². The van der Waals surface area contributed by atoms with Crippen molar-refractivity contribution in [1.29, 1.82) is 0 Å². The molecule has 1 fully saturated rings. The van der Waals surface area contributed by atoms with Crippen molar-refractivity contribution in [2.75, 3.05) is 19.8 Å². The summed E-state index contributed by atoms with van der Waals surface area (Å²) in [5.74, 6) is 0.564. The van der Waals surface area contributed by atoms with Gasteiger partial charge in [-0.05, 0) is 43.5 Å². The third kappa shape index (κ3) is 3.05. The van der Waals surface area contributed by atoms with E-state index >= 15 is 0 Å². The number of halogens is 1. The van der Waals surface area contributed by atoms with Crippen LogP contribution in [-0.4, -0.2) is 19.8 Å². The maximum atomic E-state index is 6.24. The van der Waals surface area contributed by atoms with Gasteiger partial charge >= 0.3 is 0 Å². The summed E-state index contributed by atoms with van der Waals surface area (Å²) in [5, 5.41) is 4.51. The Kier molecular flexibility index (Phi) is 5.04. The minimum Gasteiger partial charge on any atom is -0.381 e. The van der Waals surface area contributed by atoms with Crippen LogP contribution >= 0.6 is 11.6 Å². The summed E-state index contributed by atoms with van der Waals surface area (Å²) < 4.78 is 5.54. The lowest BCUT2D eigenvalue weighted by Crippen LogP contribution is -2.30. The van der Waals surface area contributed by atoms with E-state index in [9.17, 15) is 0 Å². The number of hydrogen-bond donors (Lipinski definition) is 1. The lowest BCUT2D eigenvalue weighted by atomic mass is 9.89. The molecule has 2 unspecified atom stereocenters. The van der Waals surface area contributed by atoms with E-state index in [1.165, 1.54) is 11.1 Å². The Morgan fingerprint density at radius 3 is 3.00 bits per heavy atom. The first-order valence-electron chi connectivity index (χ1n) is 6.80. The Bertz CT molecular complexity index is 388. The van der Waals surface area contributed by atoms with Crippen molar-refractivity contribution in [1.82, 2.24) is 5.32 Å². The second-order valence-electron chi connectivity index (χ2n) is 5.01. The molecule has 0 bridgehead atoms. The molecule has 1 aliphatic rings. The number of rotatable bonds is 5. The van der Waals surface area contributed by atoms with Crippen LogP contribution in [-0.2, 0) is 4.74 Å². The Morgan fingerprint density at radius 2 is 2.33 bits per heavy atom. The summed E-state index contributed by atoms with van der Waals surface area (Å²) in [7, 11) is 0. The van der Waals surface area contributed by atoms with E-state index in [-0.39, 0.29) is 0 Å². The van der Waals surface area contributed by atoms with Crippen LogP contribution in [0.5, 0.6) is 0 Å². The average Bonchev–Trinajstić information content (AvgIpc) is 2.88. The number of hydrogen-bond acceptors (Lipinski definition) is 2. The predicted octanol–water partition coefficient (Wildman–Crippen LogP) is 3.73. The van der Waals surface area contributed by atoms with E-state index in [0.717, 1.165) is 37.6 Å². The lowest BCUT2D eigenvalue weighted by molar-refractivity contribution is 0.176. The minimum atomic E-state index is 0.367. The number of nitrogens with one attached hydrogen (secondary N) is 1. The molecule has 1 heterocycles. The smallest absolute Gasteiger partial charge is 0.0513 e. The van der Waals surface area contributed by atoms with Crippen molar-refractivity contribution in [2.45, 2.75) is 32.7 Å². The highest BCUT2D eigenvalue weighted by Crippen LogP contribution is 2.32. The molecule has 0 aromatic heterocycles. The molecule has 18 heavy (non-hydrogen) atoms. The highest BCUT2D eigenvalue weighted by Gasteiger charge is 2.27. The van der Waals surface area contributed by atoms with Gasteiger partial charge in [-0.25, -0.2) is 0 Å². The molecule has 100 valence electrons. The summed E-state index contributed by atoms with van der Waals surface area (Å²) in [4.78, 5) is 0. The molecule has 0 spiro atoms. The molecule has 1 aliphatic heterocycles. The Hall–Kier alpha value is -0.570. The van der Waals surface area contributed by atoms with Crippen molar-refractivity contribution in [2.24, 2.45) is 5.92 Å². The molecule has 0 radical (unpaired) electrons. The third-order valence-corrected chi connectivity index (χ3v) is 4.10. The van der Waals surface area contributed by atoms with Crippen molar-refractivity contribution in [3.8, 4) is 0 Å². The van der Waals surface area contributed by atoms with Gasteiger partial charge in [0.1, 0.15) is 0 Å². The van der Waals surface area contributed by atoms with Crippen LogP contribution < -0.4 is 5.32 Å². The van der Waals surface area contributed by atoms with E-state index in [0.29, 0.717) is 12.0 Å². The monoisotopic (exact) mass is 267 g/mol. The highest BCUT2D eigenvalue weighted by atomic mass is 35.5. The molecular weight excluding hydrogens is 246 g/mol. The fourth-order valence-corrected chi connectivity index (χ4v) is 2.79. The van der Waals surface area contributed by atoms with Gasteiger partial charge in [0.05, 0.1) is 6.61 Å². The molecule has 0 aliphatic carbocycles. The second kappa shape index (κ2) is 6.55. The molecule has 0 amide bonds. The van der Waals surface area contributed by atoms with Crippen LogP contribution in [0.4, 0.5) is 0 Å². The number of ether oxygens (including phenoxy) is 1. The molecule has 1 aromatic carbocycles. The molecule has 1 aromatic rings. The van der Waals surface area contributed by atoms with E-state index in [1.54, 1.807) is 0 Å². The van der Waals surface area contributed by atoms with Crippen LogP contribution in [0.15, 0.2) is 18.2 Å². The zero-order valence-corrected chi connectivity index (χ0v) is 12.0. The summed E-state index contributed by atoms with van der Waals surface area (Å²) in [6.45, 7) is 7.07. The Morgan fingerprint density at radius 1 is 1.50 bits per heavy atom. The predicted molar refractivity (Wildman–Crippen MR) is 76.1 cm³/mol. The molecule has 2 atom stereocenters. The maximum Gasteiger partial charge on any atom is 0.0513 e.